The third kappa shape index (κ3) is 3.99. The minimum atomic E-state index is -0.632. The maximum atomic E-state index is 10.4. The second-order valence-corrected chi connectivity index (χ2v) is 5.14. The average Bonchev–Trinajstić information content (AvgIpc) is 2.52. The zero-order chi connectivity index (χ0) is 15.2. The first kappa shape index (κ1) is 15.4. The van der Waals surface area contributed by atoms with Crippen LogP contribution < -0.4 is 10.5 Å². The summed E-state index contributed by atoms with van der Waals surface area (Å²) in [5, 5.41) is 10.4. The van der Waals surface area contributed by atoms with Gasteiger partial charge in [0, 0.05) is 11.8 Å². The van der Waals surface area contributed by atoms with Gasteiger partial charge in [-0.15, -0.1) is 0 Å². The summed E-state index contributed by atoms with van der Waals surface area (Å²) in [6, 6.07) is 13.5. The zero-order valence-electron chi connectivity index (χ0n) is 12.7. The molecule has 0 radical (unpaired) electrons. The molecule has 2 rings (SSSR count). The van der Waals surface area contributed by atoms with Crippen LogP contribution in [0.15, 0.2) is 42.5 Å². The number of benzene rings is 2. The highest BCUT2D eigenvalue weighted by molar-refractivity contribution is 5.43. The number of aryl methyl sites for hydroxylation is 2. The molecule has 3 nitrogen and oxygen atoms in total. The predicted molar refractivity (Wildman–Crippen MR) is 86.5 cm³/mol. The SMILES string of the molecule is CCc1ccc(CC)c(C(O)COc2cccc(N)c2)c1. The van der Waals surface area contributed by atoms with Gasteiger partial charge in [0.2, 0.25) is 0 Å². The summed E-state index contributed by atoms with van der Waals surface area (Å²) in [5.74, 6) is 0.679. The largest absolute Gasteiger partial charge is 0.490 e. The molecule has 0 spiro atoms. The van der Waals surface area contributed by atoms with E-state index in [4.69, 9.17) is 10.5 Å². The Hall–Kier alpha value is -2.00. The summed E-state index contributed by atoms with van der Waals surface area (Å²) >= 11 is 0. The number of rotatable bonds is 6. The van der Waals surface area contributed by atoms with Crippen molar-refractivity contribution in [1.82, 2.24) is 0 Å². The molecule has 3 heteroatoms. The lowest BCUT2D eigenvalue weighted by Gasteiger charge is -2.17. The molecule has 2 aromatic carbocycles. The van der Waals surface area contributed by atoms with Crippen molar-refractivity contribution < 1.29 is 9.84 Å². The molecule has 112 valence electrons. The summed E-state index contributed by atoms with van der Waals surface area (Å²) in [4.78, 5) is 0. The van der Waals surface area contributed by atoms with Crippen LogP contribution in [0.4, 0.5) is 5.69 Å². The quantitative estimate of drug-likeness (QED) is 0.799. The van der Waals surface area contributed by atoms with Gasteiger partial charge in [-0.25, -0.2) is 0 Å². The molecule has 0 fully saturated rings. The van der Waals surface area contributed by atoms with Crippen LogP contribution in [0.3, 0.4) is 0 Å². The summed E-state index contributed by atoms with van der Waals surface area (Å²) in [6.07, 6.45) is 1.22. The van der Waals surface area contributed by atoms with Gasteiger partial charge < -0.3 is 15.6 Å². The van der Waals surface area contributed by atoms with E-state index in [0.29, 0.717) is 11.4 Å². The Bertz CT molecular complexity index is 596. The molecule has 0 saturated heterocycles. The number of ether oxygens (including phenoxy) is 1. The monoisotopic (exact) mass is 285 g/mol. The van der Waals surface area contributed by atoms with E-state index in [1.54, 1.807) is 6.07 Å². The van der Waals surface area contributed by atoms with Crippen molar-refractivity contribution in [1.29, 1.82) is 0 Å². The molecule has 1 atom stereocenters. The van der Waals surface area contributed by atoms with Crippen molar-refractivity contribution in [2.45, 2.75) is 32.8 Å². The Morgan fingerprint density at radius 1 is 1.10 bits per heavy atom. The summed E-state index contributed by atoms with van der Waals surface area (Å²) < 4.78 is 5.65. The van der Waals surface area contributed by atoms with Crippen LogP contribution in [0, 0.1) is 0 Å². The first-order chi connectivity index (χ1) is 10.1. The van der Waals surface area contributed by atoms with Crippen molar-refractivity contribution in [3.63, 3.8) is 0 Å². The third-order valence-electron chi connectivity index (χ3n) is 3.62. The number of aliphatic hydroxyl groups is 1. The third-order valence-corrected chi connectivity index (χ3v) is 3.62. The minimum absolute atomic E-state index is 0.226. The van der Waals surface area contributed by atoms with Gasteiger partial charge in [0.25, 0.3) is 0 Å². The van der Waals surface area contributed by atoms with Crippen LogP contribution in [-0.2, 0) is 12.8 Å². The van der Waals surface area contributed by atoms with E-state index in [0.717, 1.165) is 24.0 Å². The second kappa shape index (κ2) is 7.14. The van der Waals surface area contributed by atoms with Gasteiger partial charge in [-0.2, -0.15) is 0 Å². The predicted octanol–water partition coefficient (Wildman–Crippen LogP) is 3.51. The van der Waals surface area contributed by atoms with Gasteiger partial charge in [0.15, 0.2) is 0 Å². The van der Waals surface area contributed by atoms with E-state index >= 15 is 0 Å². The molecule has 0 aliphatic rings. The number of hydrogen-bond donors (Lipinski definition) is 2. The Kier molecular flexibility index (Phi) is 5.23. The van der Waals surface area contributed by atoms with E-state index in [2.05, 4.69) is 32.0 Å². The lowest BCUT2D eigenvalue weighted by atomic mass is 9.97. The van der Waals surface area contributed by atoms with Crippen molar-refractivity contribution in [2.75, 3.05) is 12.3 Å². The maximum Gasteiger partial charge on any atom is 0.121 e. The van der Waals surface area contributed by atoms with E-state index in [1.807, 2.05) is 18.2 Å². The fourth-order valence-electron chi connectivity index (χ4n) is 2.37. The fraction of sp³-hybridized carbons (Fsp3) is 0.333. The minimum Gasteiger partial charge on any atom is -0.490 e. The highest BCUT2D eigenvalue weighted by Gasteiger charge is 2.13. The Balaban J connectivity index is 2.10. The molecule has 0 aromatic heterocycles. The van der Waals surface area contributed by atoms with Crippen molar-refractivity contribution >= 4 is 5.69 Å². The van der Waals surface area contributed by atoms with Gasteiger partial charge in [0.1, 0.15) is 18.5 Å². The molecule has 1 unspecified atom stereocenters. The van der Waals surface area contributed by atoms with E-state index in [1.165, 1.54) is 5.56 Å². The van der Waals surface area contributed by atoms with Gasteiger partial charge >= 0.3 is 0 Å². The Morgan fingerprint density at radius 2 is 1.90 bits per heavy atom. The lowest BCUT2D eigenvalue weighted by Crippen LogP contribution is -2.12. The molecule has 0 saturated carbocycles. The number of hydrogen-bond acceptors (Lipinski definition) is 3. The Morgan fingerprint density at radius 3 is 2.57 bits per heavy atom. The first-order valence-corrected chi connectivity index (χ1v) is 7.42. The smallest absolute Gasteiger partial charge is 0.121 e. The molecule has 0 aliphatic carbocycles. The van der Waals surface area contributed by atoms with Gasteiger partial charge in [0.05, 0.1) is 0 Å². The number of anilines is 1. The molecule has 21 heavy (non-hydrogen) atoms. The molecule has 0 heterocycles. The summed E-state index contributed by atoms with van der Waals surface area (Å²) in [6.45, 7) is 4.43. The van der Waals surface area contributed by atoms with Crippen LogP contribution in [-0.4, -0.2) is 11.7 Å². The number of aliphatic hydroxyl groups excluding tert-OH is 1. The molecular formula is C18H23NO2. The summed E-state index contributed by atoms with van der Waals surface area (Å²) in [5.41, 5.74) is 9.72. The molecule has 2 aromatic rings. The zero-order valence-corrected chi connectivity index (χ0v) is 12.7. The maximum absolute atomic E-state index is 10.4. The van der Waals surface area contributed by atoms with Crippen molar-refractivity contribution in [2.24, 2.45) is 0 Å². The fourth-order valence-corrected chi connectivity index (χ4v) is 2.37. The van der Waals surface area contributed by atoms with Gasteiger partial charge in [-0.05, 0) is 41.7 Å². The first-order valence-electron chi connectivity index (χ1n) is 7.42. The number of nitrogens with two attached hydrogens (primary N) is 1. The van der Waals surface area contributed by atoms with E-state index in [-0.39, 0.29) is 6.61 Å². The van der Waals surface area contributed by atoms with Crippen LogP contribution in [0.25, 0.3) is 0 Å². The molecule has 3 N–H and O–H groups in total. The Labute approximate surface area is 126 Å². The molecule has 0 aliphatic heterocycles. The summed E-state index contributed by atoms with van der Waals surface area (Å²) in [7, 11) is 0. The van der Waals surface area contributed by atoms with Gasteiger partial charge in [-0.3, -0.25) is 0 Å². The normalized spacial score (nSPS) is 12.1. The average molecular weight is 285 g/mol. The standard InChI is InChI=1S/C18H23NO2/c1-3-13-8-9-14(4-2)17(10-13)18(20)12-21-16-7-5-6-15(19)11-16/h5-11,18,20H,3-4,12,19H2,1-2H3. The second-order valence-electron chi connectivity index (χ2n) is 5.14. The highest BCUT2D eigenvalue weighted by Crippen LogP contribution is 2.23. The highest BCUT2D eigenvalue weighted by atomic mass is 16.5. The number of nitrogen functional groups attached to an aromatic ring is 1. The van der Waals surface area contributed by atoms with E-state index < -0.39 is 6.10 Å². The van der Waals surface area contributed by atoms with Crippen LogP contribution in [0.2, 0.25) is 0 Å². The topological polar surface area (TPSA) is 55.5 Å². The van der Waals surface area contributed by atoms with Crippen molar-refractivity contribution in [3.05, 3.63) is 59.2 Å². The van der Waals surface area contributed by atoms with Crippen LogP contribution in [0.1, 0.15) is 36.6 Å². The van der Waals surface area contributed by atoms with Crippen LogP contribution in [0.5, 0.6) is 5.75 Å². The molecule has 0 amide bonds. The molecular weight excluding hydrogens is 262 g/mol. The van der Waals surface area contributed by atoms with Gasteiger partial charge in [-0.1, -0.05) is 38.1 Å². The molecule has 0 bridgehead atoms. The lowest BCUT2D eigenvalue weighted by molar-refractivity contribution is 0.107. The van der Waals surface area contributed by atoms with E-state index in [9.17, 15) is 5.11 Å². The van der Waals surface area contributed by atoms with Crippen LogP contribution >= 0.6 is 0 Å². The van der Waals surface area contributed by atoms with Crippen molar-refractivity contribution in [3.8, 4) is 5.75 Å².